The Kier molecular flexibility index (Phi) is 5.86. The van der Waals surface area contributed by atoms with E-state index in [1.165, 1.54) is 4.90 Å². The molecule has 2 heterocycles. The van der Waals surface area contributed by atoms with Crippen LogP contribution in [0.5, 0.6) is 0 Å². The number of ketones is 1. The van der Waals surface area contributed by atoms with Gasteiger partial charge in [0.25, 0.3) is 5.91 Å². The van der Waals surface area contributed by atoms with Crippen LogP contribution in [0.15, 0.2) is 24.3 Å². The van der Waals surface area contributed by atoms with Crippen molar-refractivity contribution >= 4 is 27.2 Å². The molecule has 0 radical (unpaired) electrons. The van der Waals surface area contributed by atoms with E-state index in [0.29, 0.717) is 18.5 Å². The number of anilines is 1. The van der Waals surface area contributed by atoms with Gasteiger partial charge in [-0.2, -0.15) is 0 Å². The molecule has 0 aliphatic carbocycles. The van der Waals surface area contributed by atoms with Crippen LogP contribution in [0, 0.1) is 0 Å². The fourth-order valence-electron chi connectivity index (χ4n) is 3.79. The number of carbonyl (C=O) groups excluding carboxylic acids is 2. The molecule has 7 nitrogen and oxygen atoms in total. The van der Waals surface area contributed by atoms with Crippen molar-refractivity contribution in [2.24, 2.45) is 0 Å². The standard InChI is InChI=1S/C19H27N3O4S/c1-15(23)16-3-5-17(6-4-16)22-10-8-21(9-11-22)13-19(24)20(2)18-7-12-27(25,26)14-18/h3-6,18H,7-14H2,1-2H3/p+1/t18-/m1/s1. The van der Waals surface area contributed by atoms with E-state index in [1.807, 2.05) is 24.3 Å². The monoisotopic (exact) mass is 394 g/mol. The molecule has 1 amide bonds. The summed E-state index contributed by atoms with van der Waals surface area (Å²) < 4.78 is 23.2. The minimum atomic E-state index is -2.98. The molecule has 1 atom stereocenters. The molecule has 0 spiro atoms. The molecular weight excluding hydrogens is 366 g/mol. The van der Waals surface area contributed by atoms with Crippen LogP contribution in [-0.4, -0.2) is 82.3 Å². The van der Waals surface area contributed by atoms with Gasteiger partial charge in [0.15, 0.2) is 22.2 Å². The van der Waals surface area contributed by atoms with Crippen LogP contribution in [0.4, 0.5) is 5.69 Å². The highest BCUT2D eigenvalue weighted by Gasteiger charge is 2.34. The molecule has 2 fully saturated rings. The third kappa shape index (κ3) is 4.87. The number of quaternary nitrogens is 1. The molecule has 1 aromatic rings. The zero-order chi connectivity index (χ0) is 19.6. The Labute approximate surface area is 160 Å². The minimum Gasteiger partial charge on any atom is -0.360 e. The molecule has 2 saturated heterocycles. The first-order valence-corrected chi connectivity index (χ1v) is 11.2. The van der Waals surface area contributed by atoms with Crippen LogP contribution in [0.3, 0.4) is 0 Å². The van der Waals surface area contributed by atoms with Gasteiger partial charge in [0.2, 0.25) is 0 Å². The van der Waals surface area contributed by atoms with Crippen molar-refractivity contribution in [1.82, 2.24) is 4.90 Å². The summed E-state index contributed by atoms with van der Waals surface area (Å²) in [4.78, 5) is 29.0. The Morgan fingerprint density at radius 2 is 1.81 bits per heavy atom. The van der Waals surface area contributed by atoms with E-state index < -0.39 is 9.84 Å². The Hall–Kier alpha value is -1.93. The van der Waals surface area contributed by atoms with Gasteiger partial charge in [-0.05, 0) is 37.6 Å². The number of rotatable bonds is 5. The quantitative estimate of drug-likeness (QED) is 0.664. The lowest BCUT2D eigenvalue weighted by atomic mass is 10.1. The average molecular weight is 395 g/mol. The number of Topliss-reactive ketones (excluding diaryl/α,β-unsaturated/α-hetero) is 1. The summed E-state index contributed by atoms with van der Waals surface area (Å²) in [6, 6.07) is 7.47. The van der Waals surface area contributed by atoms with Gasteiger partial charge < -0.3 is 14.7 Å². The van der Waals surface area contributed by atoms with Crippen LogP contribution in [-0.2, 0) is 14.6 Å². The van der Waals surface area contributed by atoms with Crippen molar-refractivity contribution in [3.8, 4) is 0 Å². The van der Waals surface area contributed by atoms with Gasteiger partial charge in [-0.15, -0.1) is 0 Å². The lowest BCUT2D eigenvalue weighted by Gasteiger charge is -2.34. The highest BCUT2D eigenvalue weighted by molar-refractivity contribution is 7.91. The zero-order valence-corrected chi connectivity index (χ0v) is 16.8. The largest absolute Gasteiger partial charge is 0.360 e. The SMILES string of the molecule is CC(=O)c1ccc(N2CC[NH+](CC(=O)N(C)[C@@H]3CCS(=O)(=O)C3)CC2)cc1. The molecule has 3 rings (SSSR count). The first-order valence-electron chi connectivity index (χ1n) is 9.41. The number of carbonyl (C=O) groups is 2. The van der Waals surface area contributed by atoms with Crippen molar-refractivity contribution < 1.29 is 22.9 Å². The van der Waals surface area contributed by atoms with Gasteiger partial charge in [0, 0.05) is 24.3 Å². The van der Waals surface area contributed by atoms with E-state index in [-0.39, 0.29) is 29.2 Å². The maximum atomic E-state index is 12.5. The molecule has 1 N–H and O–H groups in total. The van der Waals surface area contributed by atoms with Gasteiger partial charge in [-0.1, -0.05) is 0 Å². The first kappa shape index (κ1) is 19.8. The summed E-state index contributed by atoms with van der Waals surface area (Å²) in [5.41, 5.74) is 1.81. The summed E-state index contributed by atoms with van der Waals surface area (Å²) >= 11 is 0. The van der Waals surface area contributed by atoms with Crippen LogP contribution in [0.1, 0.15) is 23.7 Å². The number of sulfone groups is 1. The Bertz CT molecular complexity index is 799. The molecule has 148 valence electrons. The summed E-state index contributed by atoms with van der Waals surface area (Å²) in [5, 5.41) is 0. The highest BCUT2D eigenvalue weighted by Crippen LogP contribution is 2.17. The van der Waals surface area contributed by atoms with Crippen LogP contribution < -0.4 is 9.80 Å². The second-order valence-electron chi connectivity index (χ2n) is 7.58. The predicted molar refractivity (Wildman–Crippen MR) is 104 cm³/mol. The van der Waals surface area contributed by atoms with Crippen LogP contribution in [0.2, 0.25) is 0 Å². The molecule has 1 aromatic carbocycles. The highest BCUT2D eigenvalue weighted by atomic mass is 32.2. The summed E-state index contributed by atoms with van der Waals surface area (Å²) in [5.74, 6) is 0.359. The Balaban J connectivity index is 1.49. The van der Waals surface area contributed by atoms with Gasteiger partial charge in [-0.25, -0.2) is 8.42 Å². The molecule has 27 heavy (non-hydrogen) atoms. The molecule has 2 aliphatic rings. The molecular formula is C19H28N3O4S+. The Morgan fingerprint density at radius 3 is 2.33 bits per heavy atom. The topological polar surface area (TPSA) is 79.2 Å². The molecule has 0 aromatic heterocycles. The van der Waals surface area contributed by atoms with Crippen LogP contribution in [0.25, 0.3) is 0 Å². The molecule has 8 heteroatoms. The normalized spacial score (nSPS) is 22.6. The fourth-order valence-corrected chi connectivity index (χ4v) is 5.56. The molecule has 0 saturated carbocycles. The Morgan fingerprint density at radius 1 is 1.19 bits per heavy atom. The number of benzene rings is 1. The van der Waals surface area contributed by atoms with Crippen molar-refractivity contribution in [1.29, 1.82) is 0 Å². The van der Waals surface area contributed by atoms with E-state index in [1.54, 1.807) is 18.9 Å². The summed E-state index contributed by atoms with van der Waals surface area (Å²) in [7, 11) is -1.26. The summed E-state index contributed by atoms with van der Waals surface area (Å²) in [6.07, 6.45) is 0.546. The third-order valence-corrected chi connectivity index (χ3v) is 7.41. The fraction of sp³-hybridized carbons (Fsp3) is 0.579. The second kappa shape index (κ2) is 7.98. The lowest BCUT2D eigenvalue weighted by Crippen LogP contribution is -3.16. The molecule has 0 bridgehead atoms. The summed E-state index contributed by atoms with van der Waals surface area (Å²) in [6.45, 7) is 5.39. The number of nitrogens with zero attached hydrogens (tertiary/aromatic N) is 2. The van der Waals surface area contributed by atoms with Crippen molar-refractivity contribution in [3.05, 3.63) is 29.8 Å². The van der Waals surface area contributed by atoms with E-state index >= 15 is 0 Å². The lowest BCUT2D eigenvalue weighted by molar-refractivity contribution is -0.892. The van der Waals surface area contributed by atoms with Gasteiger partial charge in [-0.3, -0.25) is 9.59 Å². The zero-order valence-electron chi connectivity index (χ0n) is 16.0. The minimum absolute atomic E-state index is 0.0198. The van der Waals surface area contributed by atoms with Crippen LogP contribution >= 0.6 is 0 Å². The van der Waals surface area contributed by atoms with E-state index in [4.69, 9.17) is 0 Å². The molecule has 2 aliphatic heterocycles. The van der Waals surface area contributed by atoms with E-state index in [2.05, 4.69) is 4.90 Å². The van der Waals surface area contributed by atoms with Crippen molar-refractivity contribution in [2.45, 2.75) is 19.4 Å². The van der Waals surface area contributed by atoms with Gasteiger partial charge in [0.1, 0.15) is 0 Å². The van der Waals surface area contributed by atoms with Crippen molar-refractivity contribution in [2.75, 3.05) is 56.2 Å². The van der Waals surface area contributed by atoms with Gasteiger partial charge in [0.05, 0.1) is 37.7 Å². The third-order valence-electron chi connectivity index (χ3n) is 5.66. The number of piperazine rings is 1. The number of amides is 1. The number of hydrogen-bond acceptors (Lipinski definition) is 5. The van der Waals surface area contributed by atoms with E-state index in [9.17, 15) is 18.0 Å². The van der Waals surface area contributed by atoms with Crippen molar-refractivity contribution in [3.63, 3.8) is 0 Å². The van der Waals surface area contributed by atoms with E-state index in [0.717, 1.165) is 31.9 Å². The number of likely N-dealkylation sites (N-methyl/N-ethyl adjacent to an activating group) is 1. The predicted octanol–water partition coefficient (Wildman–Crippen LogP) is -0.760. The maximum Gasteiger partial charge on any atom is 0.277 e. The number of nitrogens with one attached hydrogen (secondary N) is 1. The maximum absolute atomic E-state index is 12.5. The van der Waals surface area contributed by atoms with Gasteiger partial charge >= 0.3 is 0 Å². The first-order chi connectivity index (χ1) is 12.7. The second-order valence-corrected chi connectivity index (χ2v) is 9.81. The smallest absolute Gasteiger partial charge is 0.277 e. The number of hydrogen-bond donors (Lipinski definition) is 1. The average Bonchev–Trinajstić information content (AvgIpc) is 3.01. The molecule has 0 unspecified atom stereocenters.